The highest BCUT2D eigenvalue weighted by Gasteiger charge is 2.33. The lowest BCUT2D eigenvalue weighted by Crippen LogP contribution is -2.28. The molecule has 20 heavy (non-hydrogen) atoms. The van der Waals surface area contributed by atoms with Crippen molar-refractivity contribution in [2.45, 2.75) is 32.3 Å². The van der Waals surface area contributed by atoms with Crippen molar-refractivity contribution in [3.63, 3.8) is 0 Å². The second-order valence-electron chi connectivity index (χ2n) is 4.49. The molecule has 0 spiro atoms. The van der Waals surface area contributed by atoms with Crippen molar-refractivity contribution in [3.05, 3.63) is 29.0 Å². The van der Waals surface area contributed by atoms with Gasteiger partial charge >= 0.3 is 0 Å². The smallest absolute Gasteiger partial charge is 0.258 e. The summed E-state index contributed by atoms with van der Waals surface area (Å²) in [4.78, 5) is 4.39. The highest BCUT2D eigenvalue weighted by Crippen LogP contribution is 2.33. The number of hydrogen-bond donors (Lipinski definition) is 1. The Bertz CT molecular complexity index is 586. The number of aromatic nitrogens is 2. The molecule has 6 heteroatoms. The molecule has 0 aliphatic rings. The molecule has 2 aromatic rings. The van der Waals surface area contributed by atoms with E-state index < -0.39 is 5.60 Å². The van der Waals surface area contributed by atoms with Crippen LogP contribution < -0.4 is 0 Å². The van der Waals surface area contributed by atoms with Crippen molar-refractivity contribution >= 4 is 11.6 Å². The molecule has 0 fully saturated rings. The van der Waals surface area contributed by atoms with Gasteiger partial charge in [0.25, 0.3) is 5.89 Å². The first-order chi connectivity index (χ1) is 9.56. The van der Waals surface area contributed by atoms with Crippen LogP contribution in [0.2, 0.25) is 5.02 Å². The fraction of sp³-hybridized carbons (Fsp3) is 0.429. The fourth-order valence-electron chi connectivity index (χ4n) is 2.11. The van der Waals surface area contributed by atoms with Crippen LogP contribution in [0, 0.1) is 0 Å². The molecule has 0 atom stereocenters. The lowest BCUT2D eigenvalue weighted by Gasteiger charge is -2.25. The standard InChI is InChI=1S/C14H17ClN2O3/c1-4-14(5-2,19-3)13-16-12(20-17-13)9-6-7-11(18)10(15)8-9/h6-8,18H,4-5H2,1-3H3. The zero-order valence-electron chi connectivity index (χ0n) is 11.7. The number of aromatic hydroxyl groups is 1. The molecule has 2 rings (SSSR count). The van der Waals surface area contributed by atoms with Crippen LogP contribution in [-0.2, 0) is 10.3 Å². The van der Waals surface area contributed by atoms with Crippen LogP contribution in [0.4, 0.5) is 0 Å². The van der Waals surface area contributed by atoms with E-state index in [-0.39, 0.29) is 10.8 Å². The topological polar surface area (TPSA) is 68.4 Å². The minimum Gasteiger partial charge on any atom is -0.506 e. The van der Waals surface area contributed by atoms with Gasteiger partial charge in [0, 0.05) is 12.7 Å². The van der Waals surface area contributed by atoms with Crippen molar-refractivity contribution < 1.29 is 14.4 Å². The summed E-state index contributed by atoms with van der Waals surface area (Å²) in [5.41, 5.74) is 0.117. The van der Waals surface area contributed by atoms with Crippen LogP contribution in [0.25, 0.3) is 11.5 Å². The van der Waals surface area contributed by atoms with Crippen LogP contribution in [-0.4, -0.2) is 22.4 Å². The number of methoxy groups -OCH3 is 1. The zero-order valence-corrected chi connectivity index (χ0v) is 12.4. The van der Waals surface area contributed by atoms with Crippen molar-refractivity contribution in [2.75, 3.05) is 7.11 Å². The highest BCUT2D eigenvalue weighted by molar-refractivity contribution is 6.32. The Morgan fingerprint density at radius 2 is 2.05 bits per heavy atom. The van der Waals surface area contributed by atoms with Gasteiger partial charge in [-0.1, -0.05) is 30.6 Å². The number of phenols is 1. The third-order valence-corrected chi connectivity index (χ3v) is 3.86. The van der Waals surface area contributed by atoms with Gasteiger partial charge in [-0.3, -0.25) is 0 Å². The molecule has 1 aromatic heterocycles. The lowest BCUT2D eigenvalue weighted by atomic mass is 9.96. The van der Waals surface area contributed by atoms with Gasteiger partial charge in [0.2, 0.25) is 5.82 Å². The first kappa shape index (κ1) is 14.8. The Morgan fingerprint density at radius 1 is 1.35 bits per heavy atom. The van der Waals surface area contributed by atoms with E-state index in [1.807, 2.05) is 13.8 Å². The number of phenolic OH excluding ortho intramolecular Hbond substituents is 1. The largest absolute Gasteiger partial charge is 0.506 e. The van der Waals surface area contributed by atoms with Crippen LogP contribution in [0.3, 0.4) is 0 Å². The Morgan fingerprint density at radius 3 is 2.60 bits per heavy atom. The summed E-state index contributed by atoms with van der Waals surface area (Å²) in [7, 11) is 1.64. The second-order valence-corrected chi connectivity index (χ2v) is 4.90. The van der Waals surface area contributed by atoms with E-state index in [0.29, 0.717) is 17.3 Å². The SMILES string of the molecule is CCC(CC)(OC)c1noc(-c2ccc(O)c(Cl)c2)n1. The summed E-state index contributed by atoms with van der Waals surface area (Å²) in [6.07, 6.45) is 1.49. The van der Waals surface area contributed by atoms with Crippen LogP contribution >= 0.6 is 11.6 Å². The van der Waals surface area contributed by atoms with E-state index in [0.717, 1.165) is 12.8 Å². The molecule has 0 aliphatic heterocycles. The van der Waals surface area contributed by atoms with E-state index in [1.54, 1.807) is 19.2 Å². The number of hydrogen-bond acceptors (Lipinski definition) is 5. The van der Waals surface area contributed by atoms with Gasteiger partial charge in [0.1, 0.15) is 11.4 Å². The number of rotatable bonds is 5. The first-order valence-corrected chi connectivity index (χ1v) is 6.82. The first-order valence-electron chi connectivity index (χ1n) is 6.44. The number of benzene rings is 1. The summed E-state index contributed by atoms with van der Waals surface area (Å²) < 4.78 is 10.8. The molecule has 108 valence electrons. The maximum absolute atomic E-state index is 9.42. The molecule has 1 N–H and O–H groups in total. The monoisotopic (exact) mass is 296 g/mol. The van der Waals surface area contributed by atoms with Crippen molar-refractivity contribution in [3.8, 4) is 17.2 Å². The maximum Gasteiger partial charge on any atom is 0.258 e. The van der Waals surface area contributed by atoms with Crippen LogP contribution in [0.5, 0.6) is 5.75 Å². The number of nitrogens with zero attached hydrogens (tertiary/aromatic N) is 2. The summed E-state index contributed by atoms with van der Waals surface area (Å²) >= 11 is 5.88. The average molecular weight is 297 g/mol. The van der Waals surface area contributed by atoms with Gasteiger partial charge < -0.3 is 14.4 Å². The summed E-state index contributed by atoms with van der Waals surface area (Å²) in [5.74, 6) is 0.887. The Kier molecular flexibility index (Phi) is 4.30. The molecular weight excluding hydrogens is 280 g/mol. The number of ether oxygens (including phenoxy) is 1. The zero-order chi connectivity index (χ0) is 14.8. The maximum atomic E-state index is 9.42. The molecule has 0 amide bonds. The average Bonchev–Trinajstić information content (AvgIpc) is 2.95. The minimum absolute atomic E-state index is 0.0171. The molecule has 5 nitrogen and oxygen atoms in total. The predicted molar refractivity (Wildman–Crippen MR) is 75.7 cm³/mol. The number of halogens is 1. The molecule has 0 aliphatic carbocycles. The van der Waals surface area contributed by atoms with E-state index in [1.165, 1.54) is 6.07 Å². The Labute approximate surface area is 122 Å². The molecule has 0 bridgehead atoms. The summed E-state index contributed by atoms with van der Waals surface area (Å²) in [5, 5.41) is 13.7. The van der Waals surface area contributed by atoms with Crippen LogP contribution in [0.1, 0.15) is 32.5 Å². The van der Waals surface area contributed by atoms with Crippen molar-refractivity contribution in [1.82, 2.24) is 10.1 Å². The van der Waals surface area contributed by atoms with E-state index >= 15 is 0 Å². The fourth-order valence-corrected chi connectivity index (χ4v) is 2.29. The third kappa shape index (κ3) is 2.51. The summed E-state index contributed by atoms with van der Waals surface area (Å²) in [6, 6.07) is 4.75. The molecule has 1 heterocycles. The van der Waals surface area contributed by atoms with Gasteiger partial charge in [0.15, 0.2) is 0 Å². The third-order valence-electron chi connectivity index (χ3n) is 3.56. The molecule has 1 aromatic carbocycles. The van der Waals surface area contributed by atoms with Gasteiger partial charge in [-0.15, -0.1) is 0 Å². The Balaban J connectivity index is 2.39. The quantitative estimate of drug-likeness (QED) is 0.910. The van der Waals surface area contributed by atoms with Gasteiger partial charge in [-0.25, -0.2) is 0 Å². The molecule has 0 radical (unpaired) electrons. The van der Waals surface area contributed by atoms with E-state index in [9.17, 15) is 5.11 Å². The lowest BCUT2D eigenvalue weighted by molar-refractivity contribution is -0.0306. The predicted octanol–water partition coefficient (Wildman–Crippen LogP) is 3.76. The highest BCUT2D eigenvalue weighted by atomic mass is 35.5. The second kappa shape index (κ2) is 5.81. The van der Waals surface area contributed by atoms with Gasteiger partial charge in [-0.05, 0) is 31.0 Å². The Hall–Kier alpha value is -1.59. The van der Waals surface area contributed by atoms with Gasteiger partial charge in [0.05, 0.1) is 5.02 Å². The minimum atomic E-state index is -0.539. The van der Waals surface area contributed by atoms with Gasteiger partial charge in [-0.2, -0.15) is 4.98 Å². The van der Waals surface area contributed by atoms with E-state index in [4.69, 9.17) is 20.9 Å². The van der Waals surface area contributed by atoms with Crippen molar-refractivity contribution in [1.29, 1.82) is 0 Å². The van der Waals surface area contributed by atoms with Crippen LogP contribution in [0.15, 0.2) is 22.7 Å². The normalized spacial score (nSPS) is 11.8. The molecule has 0 unspecified atom stereocenters. The molecular formula is C14H17ClN2O3. The summed E-state index contributed by atoms with van der Waals surface area (Å²) in [6.45, 7) is 4.03. The molecule has 0 saturated carbocycles. The van der Waals surface area contributed by atoms with Crippen molar-refractivity contribution in [2.24, 2.45) is 0 Å². The van der Waals surface area contributed by atoms with E-state index in [2.05, 4.69) is 10.1 Å². The molecule has 0 saturated heterocycles.